The lowest BCUT2D eigenvalue weighted by molar-refractivity contribution is -0.141. The van der Waals surface area contributed by atoms with E-state index in [1.54, 1.807) is 6.92 Å². The lowest BCUT2D eigenvalue weighted by atomic mass is 10.0. The molecular weight excluding hydrogens is 216 g/mol. The normalized spacial score (nSPS) is 24.8. The number of nitrogens with one attached hydrogen (secondary N) is 1. The Morgan fingerprint density at radius 3 is 2.53 bits per heavy atom. The van der Waals surface area contributed by atoms with Crippen LogP contribution in [-0.2, 0) is 4.79 Å². The monoisotopic (exact) mass is 240 g/mol. The van der Waals surface area contributed by atoms with Crippen molar-refractivity contribution in [2.24, 2.45) is 11.8 Å². The van der Waals surface area contributed by atoms with Gasteiger partial charge in [0, 0.05) is 12.6 Å². The van der Waals surface area contributed by atoms with Gasteiger partial charge in [0.25, 0.3) is 0 Å². The first kappa shape index (κ1) is 12.8. The van der Waals surface area contributed by atoms with Crippen LogP contribution in [0.1, 0.15) is 32.6 Å². The van der Waals surface area contributed by atoms with Crippen LogP contribution >= 0.6 is 0 Å². The maximum atomic E-state index is 10.8. The smallest absolute Gasteiger partial charge is 0.307 e. The molecule has 2 aliphatic rings. The summed E-state index contributed by atoms with van der Waals surface area (Å²) in [7, 11) is 0. The van der Waals surface area contributed by atoms with Gasteiger partial charge in [-0.3, -0.25) is 4.79 Å². The Labute approximate surface area is 103 Å². The number of nitrogens with zero attached hydrogens (tertiary/aromatic N) is 1. The molecule has 1 heterocycles. The molecule has 1 aliphatic carbocycles. The average Bonchev–Trinajstić information content (AvgIpc) is 3.12. The molecule has 2 fully saturated rings. The molecule has 0 amide bonds. The van der Waals surface area contributed by atoms with Crippen molar-refractivity contribution < 1.29 is 9.90 Å². The van der Waals surface area contributed by atoms with Gasteiger partial charge in [-0.05, 0) is 51.2 Å². The molecule has 17 heavy (non-hydrogen) atoms. The molecule has 0 spiro atoms. The molecule has 0 bridgehead atoms. The molecule has 2 rings (SSSR count). The van der Waals surface area contributed by atoms with Crippen molar-refractivity contribution in [3.63, 3.8) is 0 Å². The Bertz CT molecular complexity index is 258. The fraction of sp³-hybridized carbons (Fsp3) is 0.923. The molecule has 4 heteroatoms. The minimum atomic E-state index is -0.681. The third-order valence-electron chi connectivity index (χ3n) is 3.93. The van der Waals surface area contributed by atoms with Gasteiger partial charge in [0.1, 0.15) is 0 Å². The van der Waals surface area contributed by atoms with Crippen LogP contribution in [0.25, 0.3) is 0 Å². The number of hydrogen-bond acceptors (Lipinski definition) is 3. The van der Waals surface area contributed by atoms with E-state index >= 15 is 0 Å². The topological polar surface area (TPSA) is 52.6 Å². The number of carboxylic acids is 1. The van der Waals surface area contributed by atoms with Crippen molar-refractivity contribution in [1.82, 2.24) is 10.2 Å². The summed E-state index contributed by atoms with van der Waals surface area (Å²) in [6, 6.07) is 0.659. The molecule has 0 aromatic rings. The summed E-state index contributed by atoms with van der Waals surface area (Å²) in [4.78, 5) is 13.1. The third kappa shape index (κ3) is 4.28. The van der Waals surface area contributed by atoms with Gasteiger partial charge in [-0.25, -0.2) is 0 Å². The van der Waals surface area contributed by atoms with Gasteiger partial charge in [-0.15, -0.1) is 0 Å². The first-order valence-corrected chi connectivity index (χ1v) is 6.83. The van der Waals surface area contributed by atoms with Crippen molar-refractivity contribution in [3.8, 4) is 0 Å². The first-order chi connectivity index (χ1) is 8.15. The van der Waals surface area contributed by atoms with Crippen LogP contribution in [0.2, 0.25) is 0 Å². The average molecular weight is 240 g/mol. The van der Waals surface area contributed by atoms with Gasteiger partial charge < -0.3 is 15.3 Å². The number of hydrogen-bond donors (Lipinski definition) is 2. The molecule has 0 radical (unpaired) electrons. The SMILES string of the molecule is CC(CN1CCC(NCC2CC2)CC1)C(=O)O. The minimum Gasteiger partial charge on any atom is -0.481 e. The predicted molar refractivity (Wildman–Crippen MR) is 67.0 cm³/mol. The van der Waals surface area contributed by atoms with Crippen LogP contribution in [0.4, 0.5) is 0 Å². The summed E-state index contributed by atoms with van der Waals surface area (Å²) >= 11 is 0. The zero-order chi connectivity index (χ0) is 12.3. The molecule has 1 saturated carbocycles. The van der Waals surface area contributed by atoms with E-state index in [1.165, 1.54) is 32.2 Å². The molecular formula is C13H24N2O2. The molecule has 1 aliphatic heterocycles. The molecule has 1 unspecified atom stereocenters. The summed E-state index contributed by atoms with van der Waals surface area (Å²) in [5.74, 6) is 0.0185. The highest BCUT2D eigenvalue weighted by Crippen LogP contribution is 2.28. The number of aliphatic carboxylic acids is 1. The zero-order valence-electron chi connectivity index (χ0n) is 10.7. The molecule has 0 aromatic heterocycles. The van der Waals surface area contributed by atoms with Gasteiger partial charge in [0.2, 0.25) is 0 Å². The largest absolute Gasteiger partial charge is 0.481 e. The quantitative estimate of drug-likeness (QED) is 0.732. The second-order valence-corrected chi connectivity index (χ2v) is 5.67. The number of carbonyl (C=O) groups is 1. The van der Waals surface area contributed by atoms with Gasteiger partial charge in [0.05, 0.1) is 5.92 Å². The van der Waals surface area contributed by atoms with Gasteiger partial charge in [-0.2, -0.15) is 0 Å². The lowest BCUT2D eigenvalue weighted by Crippen LogP contribution is -2.44. The Balaban J connectivity index is 1.61. The van der Waals surface area contributed by atoms with E-state index in [4.69, 9.17) is 5.11 Å². The van der Waals surface area contributed by atoms with Crippen LogP contribution in [-0.4, -0.2) is 48.2 Å². The summed E-state index contributed by atoms with van der Waals surface area (Å²) < 4.78 is 0. The van der Waals surface area contributed by atoms with Crippen LogP contribution in [0.5, 0.6) is 0 Å². The van der Waals surface area contributed by atoms with Crippen LogP contribution in [0.3, 0.4) is 0 Å². The number of likely N-dealkylation sites (tertiary alicyclic amines) is 1. The van der Waals surface area contributed by atoms with Crippen LogP contribution in [0, 0.1) is 11.8 Å². The molecule has 2 N–H and O–H groups in total. The maximum absolute atomic E-state index is 10.8. The Morgan fingerprint density at radius 1 is 1.35 bits per heavy atom. The Morgan fingerprint density at radius 2 is 2.00 bits per heavy atom. The van der Waals surface area contributed by atoms with E-state index in [9.17, 15) is 4.79 Å². The van der Waals surface area contributed by atoms with Gasteiger partial charge in [-0.1, -0.05) is 6.92 Å². The molecule has 1 atom stereocenters. The number of piperidine rings is 1. The minimum absolute atomic E-state index is 0.244. The van der Waals surface area contributed by atoms with Crippen molar-refractivity contribution in [3.05, 3.63) is 0 Å². The summed E-state index contributed by atoms with van der Waals surface area (Å²) in [6.45, 7) is 5.76. The van der Waals surface area contributed by atoms with Crippen LogP contribution in [0.15, 0.2) is 0 Å². The number of rotatable bonds is 6. The van der Waals surface area contributed by atoms with E-state index in [0.717, 1.165) is 19.0 Å². The fourth-order valence-electron chi connectivity index (χ4n) is 2.44. The maximum Gasteiger partial charge on any atom is 0.307 e. The standard InChI is InChI=1S/C13H24N2O2/c1-10(13(16)17)9-15-6-4-12(5-7-15)14-8-11-2-3-11/h10-12,14H,2-9H2,1H3,(H,16,17). The molecule has 1 saturated heterocycles. The highest BCUT2D eigenvalue weighted by Gasteiger charge is 2.25. The molecule has 0 aromatic carbocycles. The van der Waals surface area contributed by atoms with E-state index < -0.39 is 5.97 Å². The first-order valence-electron chi connectivity index (χ1n) is 6.83. The van der Waals surface area contributed by atoms with Crippen molar-refractivity contribution in [2.45, 2.75) is 38.6 Å². The van der Waals surface area contributed by atoms with Crippen molar-refractivity contribution in [2.75, 3.05) is 26.2 Å². The van der Waals surface area contributed by atoms with E-state index in [0.29, 0.717) is 12.6 Å². The van der Waals surface area contributed by atoms with E-state index in [2.05, 4.69) is 10.2 Å². The fourth-order valence-corrected chi connectivity index (χ4v) is 2.44. The third-order valence-corrected chi connectivity index (χ3v) is 3.93. The van der Waals surface area contributed by atoms with Crippen molar-refractivity contribution >= 4 is 5.97 Å². The predicted octanol–water partition coefficient (Wildman–Crippen LogP) is 1.17. The highest BCUT2D eigenvalue weighted by atomic mass is 16.4. The summed E-state index contributed by atoms with van der Waals surface area (Å²) in [6.07, 6.45) is 5.14. The summed E-state index contributed by atoms with van der Waals surface area (Å²) in [5, 5.41) is 12.5. The Hall–Kier alpha value is -0.610. The van der Waals surface area contributed by atoms with Crippen LogP contribution < -0.4 is 5.32 Å². The highest BCUT2D eigenvalue weighted by molar-refractivity contribution is 5.69. The van der Waals surface area contributed by atoms with Gasteiger partial charge in [0.15, 0.2) is 0 Å². The second kappa shape index (κ2) is 5.83. The zero-order valence-corrected chi connectivity index (χ0v) is 10.7. The second-order valence-electron chi connectivity index (χ2n) is 5.67. The summed E-state index contributed by atoms with van der Waals surface area (Å²) in [5.41, 5.74) is 0. The van der Waals surface area contributed by atoms with E-state index in [-0.39, 0.29) is 5.92 Å². The lowest BCUT2D eigenvalue weighted by Gasteiger charge is -2.33. The van der Waals surface area contributed by atoms with E-state index in [1.807, 2.05) is 0 Å². The molecule has 4 nitrogen and oxygen atoms in total. The van der Waals surface area contributed by atoms with Gasteiger partial charge >= 0.3 is 5.97 Å². The molecule has 98 valence electrons. The Kier molecular flexibility index (Phi) is 4.40. The number of carboxylic acid groups (broad SMARTS) is 1. The van der Waals surface area contributed by atoms with Crippen molar-refractivity contribution in [1.29, 1.82) is 0 Å².